The van der Waals surface area contributed by atoms with Crippen LogP contribution in [0.3, 0.4) is 0 Å². The summed E-state index contributed by atoms with van der Waals surface area (Å²) in [5.74, 6) is -0.371. The summed E-state index contributed by atoms with van der Waals surface area (Å²) in [6.07, 6.45) is -0.104. The highest BCUT2D eigenvalue weighted by molar-refractivity contribution is 7.13. The van der Waals surface area contributed by atoms with E-state index in [1.807, 2.05) is 6.07 Å². The molecule has 0 radical (unpaired) electrons. The van der Waals surface area contributed by atoms with Gasteiger partial charge in [0.15, 0.2) is 11.7 Å². The molecule has 2 aromatic rings. The van der Waals surface area contributed by atoms with Crippen LogP contribution < -0.4 is 15.0 Å². The third-order valence-electron chi connectivity index (χ3n) is 3.18. The molecule has 1 aromatic carbocycles. The van der Waals surface area contributed by atoms with E-state index >= 15 is 0 Å². The van der Waals surface area contributed by atoms with Gasteiger partial charge in [-0.3, -0.25) is 9.59 Å². The van der Waals surface area contributed by atoms with Gasteiger partial charge in [0.25, 0.3) is 5.91 Å². The van der Waals surface area contributed by atoms with Crippen LogP contribution in [0.4, 0.5) is 16.5 Å². The number of carboxylic acid groups (broad SMARTS) is 1. The Hall–Kier alpha value is -2.61. The number of ether oxygens (including phenoxy) is 1. The molecule has 0 fully saturated rings. The smallest absolute Gasteiger partial charge is 0.309 e. The van der Waals surface area contributed by atoms with E-state index in [2.05, 4.69) is 10.3 Å². The number of hydrogen-bond acceptors (Lipinski definition) is 6. The Kier molecular flexibility index (Phi) is 3.68. The van der Waals surface area contributed by atoms with Gasteiger partial charge in [0.1, 0.15) is 5.75 Å². The topological polar surface area (TPSA) is 91.8 Å². The van der Waals surface area contributed by atoms with Crippen LogP contribution in [0, 0.1) is 0 Å². The zero-order chi connectivity index (χ0) is 15.7. The summed E-state index contributed by atoms with van der Waals surface area (Å²) in [7, 11) is 1.70. The first-order valence-corrected chi connectivity index (χ1v) is 7.37. The largest absolute Gasteiger partial charge is 0.482 e. The number of carboxylic acids is 1. The molecule has 8 heteroatoms. The van der Waals surface area contributed by atoms with Crippen LogP contribution in [-0.4, -0.2) is 35.6 Å². The quantitative estimate of drug-likeness (QED) is 0.894. The zero-order valence-electron chi connectivity index (χ0n) is 11.7. The van der Waals surface area contributed by atoms with E-state index < -0.39 is 5.97 Å². The van der Waals surface area contributed by atoms with Gasteiger partial charge in [-0.25, -0.2) is 4.98 Å². The molecule has 2 N–H and O–H groups in total. The van der Waals surface area contributed by atoms with Gasteiger partial charge in [0.2, 0.25) is 0 Å². The lowest BCUT2D eigenvalue weighted by Gasteiger charge is -2.26. The van der Waals surface area contributed by atoms with Crippen molar-refractivity contribution in [2.75, 3.05) is 23.9 Å². The molecule has 0 aliphatic carbocycles. The number of nitrogens with one attached hydrogen (secondary N) is 1. The number of carbonyl (C=O) groups excluding carboxylic acids is 1. The zero-order valence-corrected chi connectivity index (χ0v) is 12.5. The third-order valence-corrected chi connectivity index (χ3v) is 3.99. The Labute approximate surface area is 130 Å². The summed E-state index contributed by atoms with van der Waals surface area (Å²) in [4.78, 5) is 28.1. The normalized spacial score (nSPS) is 13.5. The summed E-state index contributed by atoms with van der Waals surface area (Å²) in [6.45, 7) is 0.0430. The summed E-state index contributed by atoms with van der Waals surface area (Å²) in [5.41, 5.74) is 1.94. The lowest BCUT2D eigenvalue weighted by atomic mass is 10.2. The second-order valence-corrected chi connectivity index (χ2v) is 5.62. The van der Waals surface area contributed by atoms with Gasteiger partial charge >= 0.3 is 5.97 Å². The van der Waals surface area contributed by atoms with Crippen LogP contribution in [0.15, 0.2) is 23.6 Å². The molecule has 7 nitrogen and oxygen atoms in total. The number of nitrogens with zero attached hydrogens (tertiary/aromatic N) is 2. The van der Waals surface area contributed by atoms with Crippen molar-refractivity contribution in [1.82, 2.24) is 4.98 Å². The molecule has 22 heavy (non-hydrogen) atoms. The molecule has 1 aliphatic rings. The summed E-state index contributed by atoms with van der Waals surface area (Å²) >= 11 is 1.33. The van der Waals surface area contributed by atoms with Gasteiger partial charge in [-0.15, -0.1) is 11.3 Å². The first-order valence-electron chi connectivity index (χ1n) is 6.49. The second-order valence-electron chi connectivity index (χ2n) is 4.76. The number of amides is 1. The fourth-order valence-corrected chi connectivity index (χ4v) is 2.80. The highest BCUT2D eigenvalue weighted by atomic mass is 32.1. The Morgan fingerprint density at radius 1 is 1.55 bits per heavy atom. The van der Waals surface area contributed by atoms with Crippen LogP contribution >= 0.6 is 11.3 Å². The molecule has 0 unspecified atom stereocenters. The fourth-order valence-electron chi connectivity index (χ4n) is 2.07. The van der Waals surface area contributed by atoms with Crippen molar-refractivity contribution in [3.63, 3.8) is 0 Å². The summed E-state index contributed by atoms with van der Waals surface area (Å²) in [6, 6.07) is 5.40. The summed E-state index contributed by atoms with van der Waals surface area (Å²) < 4.78 is 5.36. The molecule has 1 aromatic heterocycles. The van der Waals surface area contributed by atoms with E-state index in [0.717, 1.165) is 5.69 Å². The maximum absolute atomic E-state index is 11.6. The van der Waals surface area contributed by atoms with Gasteiger partial charge < -0.3 is 20.1 Å². The van der Waals surface area contributed by atoms with Crippen molar-refractivity contribution in [1.29, 1.82) is 0 Å². The van der Waals surface area contributed by atoms with Gasteiger partial charge in [-0.1, -0.05) is 0 Å². The standard InChI is InChI=1S/C14H13N3O4S/c1-17-10-4-8(2-3-11(10)21-6-12(17)18)15-14-16-9(7-22-14)5-13(19)20/h2-4,7H,5-6H2,1H3,(H,15,16)(H,19,20). The van der Waals surface area contributed by atoms with E-state index in [9.17, 15) is 9.59 Å². The fraction of sp³-hybridized carbons (Fsp3) is 0.214. The van der Waals surface area contributed by atoms with E-state index in [-0.39, 0.29) is 18.9 Å². The van der Waals surface area contributed by atoms with Crippen molar-refractivity contribution < 1.29 is 19.4 Å². The SMILES string of the molecule is CN1C(=O)COc2ccc(Nc3nc(CC(=O)O)cs3)cc21. The lowest BCUT2D eigenvalue weighted by Crippen LogP contribution is -2.35. The molecule has 0 spiro atoms. The predicted octanol–water partition coefficient (Wildman–Crippen LogP) is 1.87. The lowest BCUT2D eigenvalue weighted by molar-refractivity contribution is -0.136. The highest BCUT2D eigenvalue weighted by Gasteiger charge is 2.22. The molecule has 114 valence electrons. The van der Waals surface area contributed by atoms with Crippen molar-refractivity contribution in [3.05, 3.63) is 29.3 Å². The maximum atomic E-state index is 11.6. The molecule has 1 amide bonds. The molecule has 0 saturated carbocycles. The predicted molar refractivity (Wildman–Crippen MR) is 82.1 cm³/mol. The number of anilines is 3. The Bertz CT molecular complexity index is 743. The minimum atomic E-state index is -0.914. The van der Waals surface area contributed by atoms with Gasteiger partial charge in [-0.2, -0.15) is 0 Å². The molecule has 0 bridgehead atoms. The van der Waals surface area contributed by atoms with E-state index in [1.54, 1.807) is 29.5 Å². The van der Waals surface area contributed by atoms with E-state index in [4.69, 9.17) is 9.84 Å². The number of benzene rings is 1. The van der Waals surface area contributed by atoms with Crippen molar-refractivity contribution >= 4 is 39.7 Å². The van der Waals surface area contributed by atoms with Crippen molar-refractivity contribution in [3.8, 4) is 5.75 Å². The second kappa shape index (κ2) is 5.64. The Balaban J connectivity index is 1.80. The minimum absolute atomic E-state index is 0.0430. The van der Waals surface area contributed by atoms with Crippen LogP contribution in [0.2, 0.25) is 0 Å². The average Bonchev–Trinajstić information content (AvgIpc) is 2.90. The Morgan fingerprint density at radius 3 is 3.14 bits per heavy atom. The van der Waals surface area contributed by atoms with Crippen molar-refractivity contribution in [2.45, 2.75) is 6.42 Å². The van der Waals surface area contributed by atoms with Gasteiger partial charge in [0.05, 0.1) is 17.8 Å². The highest BCUT2D eigenvalue weighted by Crippen LogP contribution is 2.34. The number of carbonyl (C=O) groups is 2. The van der Waals surface area contributed by atoms with Gasteiger partial charge in [0, 0.05) is 18.1 Å². The third kappa shape index (κ3) is 2.86. The van der Waals surface area contributed by atoms with Gasteiger partial charge in [-0.05, 0) is 18.2 Å². The molecular weight excluding hydrogens is 306 g/mol. The number of rotatable bonds is 4. The number of hydrogen-bond donors (Lipinski definition) is 2. The number of likely N-dealkylation sites (N-methyl/N-ethyl adjacent to an activating group) is 1. The molecule has 2 heterocycles. The van der Waals surface area contributed by atoms with Crippen molar-refractivity contribution in [2.24, 2.45) is 0 Å². The summed E-state index contributed by atoms with van der Waals surface area (Å²) in [5, 5.41) is 14.2. The monoisotopic (exact) mass is 319 g/mol. The number of fused-ring (bicyclic) bond motifs is 1. The number of aromatic nitrogens is 1. The first kappa shape index (κ1) is 14.3. The maximum Gasteiger partial charge on any atom is 0.309 e. The van der Waals surface area contributed by atoms with Crippen LogP contribution in [0.5, 0.6) is 5.75 Å². The molecule has 0 saturated heterocycles. The van der Waals surface area contributed by atoms with Crippen LogP contribution in [0.25, 0.3) is 0 Å². The Morgan fingerprint density at radius 2 is 2.36 bits per heavy atom. The molecule has 3 rings (SSSR count). The average molecular weight is 319 g/mol. The van der Waals surface area contributed by atoms with E-state index in [0.29, 0.717) is 22.3 Å². The number of aliphatic carboxylic acids is 1. The van der Waals surface area contributed by atoms with Crippen LogP contribution in [0.1, 0.15) is 5.69 Å². The number of thiazole rings is 1. The first-order chi connectivity index (χ1) is 10.5. The minimum Gasteiger partial charge on any atom is -0.482 e. The van der Waals surface area contributed by atoms with E-state index in [1.165, 1.54) is 11.3 Å². The molecular formula is C14H13N3O4S. The molecule has 0 atom stereocenters. The van der Waals surface area contributed by atoms with Crippen LogP contribution in [-0.2, 0) is 16.0 Å². The molecule has 1 aliphatic heterocycles.